The molecule has 0 aliphatic carbocycles. The molecule has 0 aliphatic rings. The van der Waals surface area contributed by atoms with Gasteiger partial charge in [0.25, 0.3) is 0 Å². The third-order valence-electron chi connectivity index (χ3n) is 4.22. The first-order chi connectivity index (χ1) is 13.6. The molecule has 0 saturated heterocycles. The minimum atomic E-state index is -1.40. The lowest BCUT2D eigenvalue weighted by molar-refractivity contribution is -0.149. The highest BCUT2D eigenvalue weighted by Gasteiger charge is 2.13. The number of benzene rings is 1. The summed E-state index contributed by atoms with van der Waals surface area (Å²) in [6.07, 6.45) is 2.66. The Morgan fingerprint density at radius 1 is 1.21 bits per heavy atom. The zero-order chi connectivity index (χ0) is 19.9. The number of aromatic nitrogens is 3. The van der Waals surface area contributed by atoms with Crippen LogP contribution in [0, 0.1) is 0 Å². The van der Waals surface area contributed by atoms with Crippen LogP contribution in [-0.2, 0) is 20.7 Å². The molecule has 0 atom stereocenters. The molecule has 2 heterocycles. The molecule has 8 heteroatoms. The molecule has 0 unspecified atom stereocenters. The molecule has 0 radical (unpaired) electrons. The van der Waals surface area contributed by atoms with E-state index in [1.807, 2.05) is 30.3 Å². The summed E-state index contributed by atoms with van der Waals surface area (Å²) in [6, 6.07) is 9.82. The van der Waals surface area contributed by atoms with Gasteiger partial charge in [0.05, 0.1) is 36.7 Å². The Kier molecular flexibility index (Phi) is 7.85. The van der Waals surface area contributed by atoms with Gasteiger partial charge in [-0.2, -0.15) is 0 Å². The first kappa shape index (κ1) is 22.0. The average molecular weight is 399 g/mol. The first-order valence-corrected chi connectivity index (χ1v) is 8.90. The van der Waals surface area contributed by atoms with Crippen molar-refractivity contribution in [2.24, 2.45) is 0 Å². The number of hydrogen-bond acceptors (Lipinski definition) is 6. The number of aromatic amines is 1. The molecule has 2 aromatic heterocycles. The molecular weight excluding hydrogens is 374 g/mol. The van der Waals surface area contributed by atoms with Gasteiger partial charge in [0.1, 0.15) is 5.82 Å². The van der Waals surface area contributed by atoms with Crippen LogP contribution in [-0.4, -0.2) is 52.1 Å². The van der Waals surface area contributed by atoms with Crippen molar-refractivity contribution in [3.8, 4) is 17.1 Å². The number of hydrogen-bond donors (Lipinski definition) is 2. The minimum Gasteiger partial charge on any atom is -0.480 e. The van der Waals surface area contributed by atoms with Crippen molar-refractivity contribution in [2.75, 3.05) is 20.3 Å². The number of rotatable bonds is 10. The summed E-state index contributed by atoms with van der Waals surface area (Å²) in [7, 11) is 1.58. The predicted molar refractivity (Wildman–Crippen MR) is 109 cm³/mol. The van der Waals surface area contributed by atoms with Crippen LogP contribution >= 0.6 is 0 Å². The van der Waals surface area contributed by atoms with Gasteiger partial charge < -0.3 is 19.6 Å². The lowest BCUT2D eigenvalue weighted by Crippen LogP contribution is -2.13. The molecular formula is C21H25N3O5. The molecule has 154 valence electrons. The van der Waals surface area contributed by atoms with Gasteiger partial charge in [-0.15, -0.1) is 0 Å². The zero-order valence-corrected chi connectivity index (χ0v) is 15.5. The maximum absolute atomic E-state index is 11.0. The van der Waals surface area contributed by atoms with Crippen molar-refractivity contribution in [1.29, 1.82) is 0 Å². The van der Waals surface area contributed by atoms with Crippen LogP contribution in [0.25, 0.3) is 22.2 Å². The zero-order valence-electron chi connectivity index (χ0n) is 15.5. The number of carboxylic acid groups (broad SMARTS) is 1. The van der Waals surface area contributed by atoms with E-state index in [0.717, 1.165) is 28.0 Å². The summed E-state index contributed by atoms with van der Waals surface area (Å²) >= 11 is 0. The van der Waals surface area contributed by atoms with Crippen molar-refractivity contribution in [3.63, 3.8) is 0 Å². The van der Waals surface area contributed by atoms with E-state index < -0.39 is 11.8 Å². The number of carboxylic acids is 1. The molecule has 0 amide bonds. The summed E-state index contributed by atoms with van der Waals surface area (Å²) < 4.78 is 10.9. The minimum absolute atomic E-state index is 0. The van der Waals surface area contributed by atoms with Gasteiger partial charge in [-0.25, -0.2) is 14.8 Å². The van der Waals surface area contributed by atoms with Gasteiger partial charge in [0.15, 0.2) is 0 Å². The van der Waals surface area contributed by atoms with Gasteiger partial charge in [0, 0.05) is 24.8 Å². The molecule has 3 aromatic rings. The summed E-state index contributed by atoms with van der Waals surface area (Å²) in [4.78, 5) is 33.6. The lowest BCUT2D eigenvalue weighted by atomic mass is 10.1. The molecule has 1 aromatic carbocycles. The Labute approximate surface area is 168 Å². The molecule has 0 fully saturated rings. The number of ketones is 1. The van der Waals surface area contributed by atoms with Crippen molar-refractivity contribution in [3.05, 3.63) is 42.4 Å². The fourth-order valence-corrected chi connectivity index (χ4v) is 2.79. The highest BCUT2D eigenvalue weighted by Crippen LogP contribution is 2.30. The van der Waals surface area contributed by atoms with Crippen LogP contribution < -0.4 is 4.74 Å². The average Bonchev–Trinajstić information content (AvgIpc) is 3.18. The van der Waals surface area contributed by atoms with E-state index in [9.17, 15) is 9.59 Å². The third-order valence-corrected chi connectivity index (χ3v) is 4.22. The normalized spacial score (nSPS) is 10.5. The first-order valence-electron chi connectivity index (χ1n) is 8.90. The number of fused-ring (bicyclic) bond motifs is 1. The molecule has 3 rings (SSSR count). The van der Waals surface area contributed by atoms with E-state index in [2.05, 4.69) is 15.0 Å². The van der Waals surface area contributed by atoms with E-state index >= 15 is 0 Å². The fourth-order valence-electron chi connectivity index (χ4n) is 2.79. The molecule has 2 N–H and O–H groups in total. The number of methoxy groups -OCH3 is 1. The van der Waals surface area contributed by atoms with Gasteiger partial charge in [0.2, 0.25) is 11.7 Å². The molecule has 0 aliphatic heterocycles. The van der Waals surface area contributed by atoms with E-state index in [0.29, 0.717) is 31.9 Å². The topological polar surface area (TPSA) is 114 Å². The largest absolute Gasteiger partial charge is 0.480 e. The Morgan fingerprint density at radius 2 is 2.00 bits per heavy atom. The summed E-state index contributed by atoms with van der Waals surface area (Å²) in [6.45, 7) is 0.746. The van der Waals surface area contributed by atoms with E-state index in [4.69, 9.17) is 14.6 Å². The maximum atomic E-state index is 11.0. The Balaban J connectivity index is 0.00000300. The van der Waals surface area contributed by atoms with Gasteiger partial charge in [-0.3, -0.25) is 4.79 Å². The van der Waals surface area contributed by atoms with Crippen molar-refractivity contribution in [2.45, 2.75) is 26.7 Å². The summed E-state index contributed by atoms with van der Waals surface area (Å²) in [5, 5.41) is 9.52. The van der Waals surface area contributed by atoms with Crippen LogP contribution in [0.15, 0.2) is 36.5 Å². The van der Waals surface area contributed by atoms with Gasteiger partial charge in [-0.05, 0) is 18.6 Å². The van der Waals surface area contributed by atoms with Crippen molar-refractivity contribution in [1.82, 2.24) is 15.0 Å². The Hall–Kier alpha value is -3.26. The number of ether oxygens (including phenoxy) is 2. The molecule has 8 nitrogen and oxygen atoms in total. The lowest BCUT2D eigenvalue weighted by Gasteiger charge is -2.08. The highest BCUT2D eigenvalue weighted by molar-refractivity contribution is 6.32. The second kappa shape index (κ2) is 10.3. The number of imidazole rings is 1. The number of pyridine rings is 1. The Bertz CT molecular complexity index is 983. The predicted octanol–water partition coefficient (Wildman–Crippen LogP) is 3.26. The summed E-state index contributed by atoms with van der Waals surface area (Å²) in [5.41, 5.74) is 2.49. The van der Waals surface area contributed by atoms with Crippen molar-refractivity contribution >= 4 is 22.7 Å². The number of aliphatic carboxylic acids is 1. The second-order valence-electron chi connectivity index (χ2n) is 6.18. The van der Waals surface area contributed by atoms with Crippen molar-refractivity contribution < 1.29 is 24.2 Å². The maximum Gasteiger partial charge on any atom is 0.372 e. The Morgan fingerprint density at radius 3 is 2.76 bits per heavy atom. The summed E-state index contributed by atoms with van der Waals surface area (Å²) in [5.74, 6) is -0.918. The molecule has 29 heavy (non-hydrogen) atoms. The second-order valence-corrected chi connectivity index (χ2v) is 6.18. The van der Waals surface area contributed by atoms with E-state index in [1.54, 1.807) is 13.3 Å². The molecule has 0 saturated carbocycles. The number of nitrogens with one attached hydrogen (secondary N) is 1. The molecule has 0 bridgehead atoms. The number of nitrogens with zero attached hydrogens (tertiary/aromatic N) is 2. The van der Waals surface area contributed by atoms with Crippen LogP contribution in [0.4, 0.5) is 0 Å². The number of Topliss-reactive ketones (excluding diaryl/α,β-unsaturated/α-hetero) is 1. The SMILES string of the molecule is C.COc1nc2ccccc2cc1-c1cnc(CCOCCCC(=O)C(=O)O)[nH]1. The fraction of sp³-hybridized carbons (Fsp3) is 0.333. The van der Waals surface area contributed by atoms with Gasteiger partial charge in [-0.1, -0.05) is 25.6 Å². The number of carbonyl (C=O) groups excluding carboxylic acids is 1. The van der Waals surface area contributed by atoms with Crippen LogP contribution in [0.1, 0.15) is 26.1 Å². The van der Waals surface area contributed by atoms with Crippen LogP contribution in [0.3, 0.4) is 0 Å². The standard InChI is InChI=1S/C20H21N3O5.CH4/c1-27-19-14(11-13-5-2-3-6-15(13)23-19)16-12-21-18(22-16)8-10-28-9-4-7-17(24)20(25)26;/h2-3,5-6,11-12H,4,7-10H2,1H3,(H,21,22)(H,25,26);1H4. The third kappa shape index (κ3) is 5.61. The smallest absolute Gasteiger partial charge is 0.372 e. The van der Waals surface area contributed by atoms with Crippen LogP contribution in [0.2, 0.25) is 0 Å². The van der Waals surface area contributed by atoms with E-state index in [-0.39, 0.29) is 13.8 Å². The number of H-pyrrole nitrogens is 1. The quantitative estimate of drug-likeness (QED) is 0.397. The number of carbonyl (C=O) groups is 2. The molecule has 0 spiro atoms. The highest BCUT2D eigenvalue weighted by atomic mass is 16.5. The van der Waals surface area contributed by atoms with Gasteiger partial charge >= 0.3 is 5.97 Å². The van der Waals surface area contributed by atoms with E-state index in [1.165, 1.54) is 0 Å². The number of para-hydroxylation sites is 1. The monoisotopic (exact) mass is 399 g/mol. The van der Waals surface area contributed by atoms with Crippen LogP contribution in [0.5, 0.6) is 5.88 Å².